The molecule has 0 radical (unpaired) electrons. The van der Waals surface area contributed by atoms with Gasteiger partial charge in [-0.2, -0.15) is 0 Å². The average Bonchev–Trinajstić information content (AvgIpc) is 3.32. The van der Waals surface area contributed by atoms with E-state index in [0.29, 0.717) is 30.4 Å². The van der Waals surface area contributed by atoms with Crippen molar-refractivity contribution in [3.05, 3.63) is 75.3 Å². The second kappa shape index (κ2) is 10.3. The number of aliphatic hydroxyl groups is 1. The highest BCUT2D eigenvalue weighted by atomic mass is 35.5. The summed E-state index contributed by atoms with van der Waals surface area (Å²) in [5.41, 5.74) is -0.0450. The number of nitrogens with one attached hydrogen (secondary N) is 2. The number of anilines is 2. The third kappa shape index (κ3) is 5.02. The van der Waals surface area contributed by atoms with Crippen LogP contribution in [0.1, 0.15) is 28.5 Å². The number of aliphatic hydroxyl groups excluding tert-OH is 1. The Kier molecular flexibility index (Phi) is 7.38. The van der Waals surface area contributed by atoms with E-state index in [0.717, 1.165) is 29.0 Å². The zero-order valence-corrected chi connectivity index (χ0v) is 20.4. The van der Waals surface area contributed by atoms with Gasteiger partial charge in [-0.05, 0) is 36.8 Å². The van der Waals surface area contributed by atoms with Crippen molar-refractivity contribution in [2.45, 2.75) is 18.4 Å². The number of amides is 1. The highest BCUT2D eigenvalue weighted by molar-refractivity contribution is 7.14. The van der Waals surface area contributed by atoms with Crippen LogP contribution in [0.25, 0.3) is 0 Å². The Bertz CT molecular complexity index is 1250. The first-order chi connectivity index (χ1) is 16.8. The molecule has 1 aromatic heterocycles. The lowest BCUT2D eigenvalue weighted by molar-refractivity contribution is 0.101. The molecule has 1 amide bonds. The molecule has 2 heterocycles. The second-order valence-electron chi connectivity index (χ2n) is 8.29. The van der Waals surface area contributed by atoms with Crippen LogP contribution in [0.5, 0.6) is 0 Å². The molecular weight excluding hydrogens is 494 g/mol. The minimum absolute atomic E-state index is 0.158. The van der Waals surface area contributed by atoms with Gasteiger partial charge < -0.3 is 15.3 Å². The van der Waals surface area contributed by atoms with E-state index >= 15 is 0 Å². The number of piperazine rings is 1. The summed E-state index contributed by atoms with van der Waals surface area (Å²) in [4.78, 5) is 18.9. The second-order valence-corrected chi connectivity index (χ2v) is 9.58. The maximum atomic E-state index is 14.9. The molecule has 1 aliphatic heterocycles. The topological polar surface area (TPSA) is 77.5 Å². The van der Waals surface area contributed by atoms with E-state index in [1.165, 1.54) is 0 Å². The average molecular weight is 517 g/mol. The fourth-order valence-electron chi connectivity index (χ4n) is 4.02. The number of hydrogen-bond acceptors (Lipinski definition) is 6. The molecule has 2 aromatic carbocycles. The zero-order chi connectivity index (χ0) is 25.2. The molecule has 3 aromatic rings. The smallest absolute Gasteiger partial charge is 0.263 e. The normalized spacial score (nSPS) is 17.5. The van der Waals surface area contributed by atoms with Crippen molar-refractivity contribution in [2.75, 3.05) is 36.5 Å². The van der Waals surface area contributed by atoms with E-state index in [4.69, 9.17) is 18.0 Å². The number of benzene rings is 2. The number of thiazole rings is 1. The van der Waals surface area contributed by atoms with Crippen LogP contribution in [0.3, 0.4) is 0 Å². The van der Waals surface area contributed by atoms with Crippen molar-refractivity contribution in [3.8, 4) is 12.3 Å². The van der Waals surface area contributed by atoms with E-state index in [1.807, 2.05) is 6.92 Å². The van der Waals surface area contributed by atoms with Gasteiger partial charge in [-0.15, -0.1) is 17.8 Å². The van der Waals surface area contributed by atoms with Gasteiger partial charge in [-0.3, -0.25) is 10.1 Å². The summed E-state index contributed by atoms with van der Waals surface area (Å²) in [5.74, 6) is -0.225. The largest absolute Gasteiger partial charge is 0.394 e. The Labute approximate surface area is 210 Å². The SMILES string of the molecule is C#CC(C)(c1ccc(Cl)cc1)c1csc(NC(=O)c2c(F)cc(N3CCNCC3CO)cc2F)n1. The first-order valence-corrected chi connectivity index (χ1v) is 12.1. The lowest BCUT2D eigenvalue weighted by Gasteiger charge is -2.37. The van der Waals surface area contributed by atoms with E-state index in [1.54, 1.807) is 34.5 Å². The van der Waals surface area contributed by atoms with Gasteiger partial charge in [0.05, 0.1) is 23.8 Å². The third-order valence-corrected chi connectivity index (χ3v) is 7.10. The van der Waals surface area contributed by atoms with Crippen molar-refractivity contribution in [1.29, 1.82) is 0 Å². The van der Waals surface area contributed by atoms with Crippen LogP contribution in [0.15, 0.2) is 41.8 Å². The predicted octanol–water partition coefficient (Wildman–Crippen LogP) is 4.04. The summed E-state index contributed by atoms with van der Waals surface area (Å²) in [6.45, 7) is 3.21. The number of hydrogen-bond donors (Lipinski definition) is 3. The molecule has 0 aliphatic carbocycles. The number of carbonyl (C=O) groups excluding carboxylic acids is 1. The van der Waals surface area contributed by atoms with Gasteiger partial charge in [0.15, 0.2) is 5.13 Å². The Morgan fingerprint density at radius 1 is 1.37 bits per heavy atom. The van der Waals surface area contributed by atoms with E-state index < -0.39 is 28.5 Å². The minimum Gasteiger partial charge on any atom is -0.394 e. The van der Waals surface area contributed by atoms with Crippen molar-refractivity contribution >= 4 is 39.7 Å². The quantitative estimate of drug-likeness (QED) is 0.431. The van der Waals surface area contributed by atoms with Crippen molar-refractivity contribution < 1.29 is 18.7 Å². The summed E-state index contributed by atoms with van der Waals surface area (Å²) in [5, 5.41) is 17.6. The van der Waals surface area contributed by atoms with Crippen LogP contribution < -0.4 is 15.5 Å². The Morgan fingerprint density at radius 2 is 2.06 bits per heavy atom. The third-order valence-electron chi connectivity index (χ3n) is 6.09. The summed E-state index contributed by atoms with van der Waals surface area (Å²) >= 11 is 7.07. The van der Waals surface area contributed by atoms with Gasteiger partial charge in [0.2, 0.25) is 0 Å². The summed E-state index contributed by atoms with van der Waals surface area (Å²) in [6.07, 6.45) is 5.82. The lowest BCUT2D eigenvalue weighted by atomic mass is 9.81. The lowest BCUT2D eigenvalue weighted by Crippen LogP contribution is -2.53. The first-order valence-electron chi connectivity index (χ1n) is 10.8. The predicted molar refractivity (Wildman–Crippen MR) is 134 cm³/mol. The Morgan fingerprint density at radius 3 is 2.69 bits per heavy atom. The Hall–Kier alpha value is -3.03. The molecule has 0 spiro atoms. The molecule has 3 N–H and O–H groups in total. The van der Waals surface area contributed by atoms with Gasteiger partial charge in [-0.1, -0.05) is 29.7 Å². The van der Waals surface area contributed by atoms with Crippen LogP contribution in [-0.2, 0) is 5.41 Å². The number of carbonyl (C=O) groups is 1. The maximum absolute atomic E-state index is 14.9. The molecule has 6 nitrogen and oxygen atoms in total. The van der Waals surface area contributed by atoms with E-state index in [9.17, 15) is 18.7 Å². The monoisotopic (exact) mass is 516 g/mol. The fourth-order valence-corrected chi connectivity index (χ4v) is 4.96. The van der Waals surface area contributed by atoms with Crippen LogP contribution in [0.2, 0.25) is 5.02 Å². The molecule has 0 saturated carbocycles. The molecule has 10 heteroatoms. The summed E-state index contributed by atoms with van der Waals surface area (Å²) in [7, 11) is 0. The number of rotatable bonds is 6. The van der Waals surface area contributed by atoms with E-state index in [-0.39, 0.29) is 23.5 Å². The molecule has 4 rings (SSSR count). The highest BCUT2D eigenvalue weighted by Gasteiger charge is 2.30. The van der Waals surface area contributed by atoms with Crippen molar-refractivity contribution in [3.63, 3.8) is 0 Å². The number of nitrogens with zero attached hydrogens (tertiary/aromatic N) is 2. The van der Waals surface area contributed by atoms with Crippen LogP contribution in [-0.4, -0.2) is 48.3 Å². The van der Waals surface area contributed by atoms with Crippen LogP contribution in [0, 0.1) is 24.0 Å². The van der Waals surface area contributed by atoms with Gasteiger partial charge in [0, 0.05) is 35.7 Å². The van der Waals surface area contributed by atoms with Crippen LogP contribution >= 0.6 is 22.9 Å². The molecule has 35 heavy (non-hydrogen) atoms. The fraction of sp³-hybridized carbons (Fsp3) is 0.280. The first kappa shape index (κ1) is 25.1. The molecular formula is C25H23ClF2N4O2S. The highest BCUT2D eigenvalue weighted by Crippen LogP contribution is 2.34. The number of terminal acetylenes is 1. The van der Waals surface area contributed by atoms with Crippen LogP contribution in [0.4, 0.5) is 19.6 Å². The minimum atomic E-state index is -1.00. The summed E-state index contributed by atoms with van der Waals surface area (Å²) in [6, 6.07) is 8.93. The number of halogens is 3. The molecule has 1 fully saturated rings. The van der Waals surface area contributed by atoms with Gasteiger partial charge >= 0.3 is 0 Å². The number of aromatic nitrogens is 1. The molecule has 0 bridgehead atoms. The maximum Gasteiger partial charge on any atom is 0.263 e. The molecule has 1 aliphatic rings. The molecule has 182 valence electrons. The zero-order valence-electron chi connectivity index (χ0n) is 18.8. The standard InChI is InChI=1S/C25H23ClF2N4O2S/c1-3-25(2,15-4-6-16(26)7-5-15)21-14-35-24(30-21)31-23(34)22-19(27)10-17(11-20(22)28)32-9-8-29-12-18(32)13-33/h1,4-7,10-11,14,18,29,33H,8-9,12-13H2,2H3,(H,30,31,34). The Balaban J connectivity index is 1.56. The van der Waals surface area contributed by atoms with Gasteiger partial charge in [0.25, 0.3) is 5.91 Å². The van der Waals surface area contributed by atoms with Gasteiger partial charge in [0.1, 0.15) is 17.2 Å². The summed E-state index contributed by atoms with van der Waals surface area (Å²) < 4.78 is 29.8. The van der Waals surface area contributed by atoms with E-state index in [2.05, 4.69) is 21.5 Å². The van der Waals surface area contributed by atoms with Crippen molar-refractivity contribution in [1.82, 2.24) is 10.3 Å². The van der Waals surface area contributed by atoms with Gasteiger partial charge in [-0.25, -0.2) is 13.8 Å². The molecule has 2 unspecified atom stereocenters. The molecule has 1 saturated heterocycles. The molecule has 2 atom stereocenters. The van der Waals surface area contributed by atoms with Crippen molar-refractivity contribution in [2.24, 2.45) is 0 Å².